The fraction of sp³-hybridized carbons (Fsp3) is 0.368. The zero-order chi connectivity index (χ0) is 20.4. The molecule has 0 radical (unpaired) electrons. The van der Waals surface area contributed by atoms with Crippen molar-refractivity contribution in [2.75, 3.05) is 11.9 Å². The first kappa shape index (κ1) is 19.7. The third-order valence-corrected chi connectivity index (χ3v) is 5.52. The molecule has 1 aliphatic carbocycles. The molecule has 2 N–H and O–H groups in total. The predicted molar refractivity (Wildman–Crippen MR) is 110 cm³/mol. The highest BCUT2D eigenvalue weighted by Gasteiger charge is 2.21. The highest BCUT2D eigenvalue weighted by molar-refractivity contribution is 7.16. The van der Waals surface area contributed by atoms with Gasteiger partial charge in [0.2, 0.25) is 17.6 Å². The van der Waals surface area contributed by atoms with Gasteiger partial charge in [0.1, 0.15) is 11.8 Å². The van der Waals surface area contributed by atoms with Crippen molar-refractivity contribution in [1.29, 1.82) is 0 Å². The molecule has 0 spiro atoms. The Balaban J connectivity index is 1.41. The van der Waals surface area contributed by atoms with Crippen molar-refractivity contribution in [2.24, 2.45) is 5.92 Å². The normalized spacial score (nSPS) is 14.4. The largest absolute Gasteiger partial charge is 0.429 e. The standard InChI is InChI=1S/C19H20ClN5O3S/c1-10(23-11(2)26)18-24-17(25-28-18)16-9-22-19(29-16)27-15-6-5-13(7-14(15)20)21-8-12-3-4-12/h5-7,9-10,12,21H,3-4,8H2,1-2H3,(H,23,26). The summed E-state index contributed by atoms with van der Waals surface area (Å²) in [6.45, 7) is 4.17. The Morgan fingerprint density at radius 3 is 3.00 bits per heavy atom. The van der Waals surface area contributed by atoms with Gasteiger partial charge in [0.15, 0.2) is 0 Å². The summed E-state index contributed by atoms with van der Waals surface area (Å²) in [5, 5.41) is 11.0. The lowest BCUT2D eigenvalue weighted by Gasteiger charge is -2.08. The molecule has 1 unspecified atom stereocenters. The second kappa shape index (κ2) is 8.38. The number of ether oxygens (including phenoxy) is 1. The molecule has 1 atom stereocenters. The number of nitrogens with one attached hydrogen (secondary N) is 2. The molecular weight excluding hydrogens is 414 g/mol. The smallest absolute Gasteiger partial charge is 0.279 e. The van der Waals surface area contributed by atoms with E-state index in [0.717, 1.165) is 18.2 Å². The van der Waals surface area contributed by atoms with Gasteiger partial charge in [-0.25, -0.2) is 4.98 Å². The third-order valence-electron chi connectivity index (χ3n) is 4.36. The molecule has 1 saturated carbocycles. The van der Waals surface area contributed by atoms with Crippen LogP contribution < -0.4 is 15.4 Å². The summed E-state index contributed by atoms with van der Waals surface area (Å²) >= 11 is 7.63. The van der Waals surface area contributed by atoms with E-state index in [4.69, 9.17) is 20.9 Å². The second-order valence-electron chi connectivity index (χ2n) is 6.94. The molecular formula is C19H20ClN5O3S. The molecule has 2 aromatic heterocycles. The van der Waals surface area contributed by atoms with E-state index in [1.54, 1.807) is 13.1 Å². The van der Waals surface area contributed by atoms with Gasteiger partial charge in [-0.2, -0.15) is 4.98 Å². The van der Waals surface area contributed by atoms with E-state index in [1.165, 1.54) is 31.1 Å². The van der Waals surface area contributed by atoms with Gasteiger partial charge in [-0.1, -0.05) is 28.1 Å². The molecule has 0 bridgehead atoms. The van der Waals surface area contributed by atoms with Crippen LogP contribution in [0.4, 0.5) is 5.69 Å². The topological polar surface area (TPSA) is 102 Å². The Hall–Kier alpha value is -2.65. The van der Waals surface area contributed by atoms with Crippen LogP contribution in [0.2, 0.25) is 5.02 Å². The van der Waals surface area contributed by atoms with Crippen molar-refractivity contribution in [1.82, 2.24) is 20.4 Å². The summed E-state index contributed by atoms with van der Waals surface area (Å²) in [6.07, 6.45) is 4.20. The number of rotatable bonds is 8. The summed E-state index contributed by atoms with van der Waals surface area (Å²) < 4.78 is 11.0. The molecule has 2 heterocycles. The number of carbonyl (C=O) groups is 1. The Bertz CT molecular complexity index is 1020. The van der Waals surface area contributed by atoms with Crippen LogP contribution in [0.25, 0.3) is 10.7 Å². The van der Waals surface area contributed by atoms with Crippen molar-refractivity contribution < 1.29 is 14.1 Å². The first-order valence-electron chi connectivity index (χ1n) is 9.26. The number of anilines is 1. The van der Waals surface area contributed by atoms with E-state index in [9.17, 15) is 4.79 Å². The number of halogens is 1. The second-order valence-corrected chi connectivity index (χ2v) is 8.34. The Labute approximate surface area is 176 Å². The van der Waals surface area contributed by atoms with E-state index in [-0.39, 0.29) is 11.9 Å². The summed E-state index contributed by atoms with van der Waals surface area (Å²) in [5.41, 5.74) is 0.974. The minimum Gasteiger partial charge on any atom is -0.429 e. The Morgan fingerprint density at radius 2 is 2.28 bits per heavy atom. The highest BCUT2D eigenvalue weighted by Crippen LogP contribution is 2.36. The average molecular weight is 434 g/mol. The first-order valence-corrected chi connectivity index (χ1v) is 10.5. The van der Waals surface area contributed by atoms with Gasteiger partial charge < -0.3 is 19.9 Å². The summed E-state index contributed by atoms with van der Waals surface area (Å²) in [6, 6.07) is 5.23. The fourth-order valence-corrected chi connectivity index (χ4v) is 3.58. The molecule has 0 aliphatic heterocycles. The minimum absolute atomic E-state index is 0.170. The van der Waals surface area contributed by atoms with E-state index in [2.05, 4.69) is 25.8 Å². The lowest BCUT2D eigenvalue weighted by Crippen LogP contribution is -2.23. The summed E-state index contributed by atoms with van der Waals surface area (Å²) in [5.74, 6) is 1.85. The van der Waals surface area contributed by atoms with Crippen molar-refractivity contribution in [3.63, 3.8) is 0 Å². The van der Waals surface area contributed by atoms with Gasteiger partial charge in [-0.3, -0.25) is 4.79 Å². The molecule has 1 fully saturated rings. The molecule has 0 saturated heterocycles. The maximum Gasteiger partial charge on any atom is 0.279 e. The maximum atomic E-state index is 11.2. The van der Waals surface area contributed by atoms with Crippen LogP contribution in [0.15, 0.2) is 28.9 Å². The SMILES string of the molecule is CC(=O)NC(C)c1nc(-c2cnc(Oc3ccc(NCC4CC4)cc3Cl)s2)no1. The fourth-order valence-electron chi connectivity index (χ4n) is 2.66. The number of amides is 1. The lowest BCUT2D eigenvalue weighted by molar-refractivity contribution is -0.119. The van der Waals surface area contributed by atoms with Crippen LogP contribution in [-0.4, -0.2) is 27.6 Å². The van der Waals surface area contributed by atoms with E-state index in [0.29, 0.717) is 32.6 Å². The highest BCUT2D eigenvalue weighted by atomic mass is 35.5. The Kier molecular flexibility index (Phi) is 5.68. The molecule has 29 heavy (non-hydrogen) atoms. The van der Waals surface area contributed by atoms with Crippen molar-refractivity contribution in [3.8, 4) is 21.6 Å². The zero-order valence-corrected chi connectivity index (χ0v) is 17.5. The first-order chi connectivity index (χ1) is 14.0. The average Bonchev–Trinajstić information content (AvgIpc) is 3.17. The van der Waals surface area contributed by atoms with E-state index >= 15 is 0 Å². The van der Waals surface area contributed by atoms with Crippen LogP contribution in [0, 0.1) is 5.92 Å². The molecule has 4 rings (SSSR count). The van der Waals surface area contributed by atoms with Gasteiger partial charge in [0.25, 0.3) is 5.19 Å². The minimum atomic E-state index is -0.372. The Morgan fingerprint density at radius 1 is 1.45 bits per heavy atom. The van der Waals surface area contributed by atoms with Gasteiger partial charge >= 0.3 is 0 Å². The molecule has 152 valence electrons. The lowest BCUT2D eigenvalue weighted by atomic mass is 10.3. The molecule has 1 aliphatic rings. The van der Waals surface area contributed by atoms with Crippen LogP contribution in [0.3, 0.4) is 0 Å². The number of benzene rings is 1. The quantitative estimate of drug-likeness (QED) is 0.532. The van der Waals surface area contributed by atoms with Crippen molar-refractivity contribution >= 4 is 34.5 Å². The van der Waals surface area contributed by atoms with Crippen molar-refractivity contribution in [2.45, 2.75) is 32.7 Å². The molecule has 10 heteroatoms. The summed E-state index contributed by atoms with van der Waals surface area (Å²) in [4.78, 5) is 20.4. The van der Waals surface area contributed by atoms with E-state index in [1.807, 2.05) is 18.2 Å². The van der Waals surface area contributed by atoms with Crippen LogP contribution in [0.1, 0.15) is 38.6 Å². The molecule has 1 aromatic carbocycles. The van der Waals surface area contributed by atoms with Gasteiger partial charge in [-0.15, -0.1) is 0 Å². The maximum absolute atomic E-state index is 11.2. The van der Waals surface area contributed by atoms with Crippen LogP contribution in [-0.2, 0) is 4.79 Å². The van der Waals surface area contributed by atoms with Crippen LogP contribution >= 0.6 is 22.9 Å². The van der Waals surface area contributed by atoms with Gasteiger partial charge in [0.05, 0.1) is 16.1 Å². The third kappa shape index (κ3) is 5.04. The number of aromatic nitrogens is 3. The van der Waals surface area contributed by atoms with Crippen molar-refractivity contribution in [3.05, 3.63) is 35.3 Å². The molecule has 1 amide bonds. The van der Waals surface area contributed by atoms with Gasteiger partial charge in [0, 0.05) is 19.2 Å². The molecule has 8 nitrogen and oxygen atoms in total. The van der Waals surface area contributed by atoms with E-state index < -0.39 is 0 Å². The number of thiazole rings is 1. The zero-order valence-electron chi connectivity index (χ0n) is 15.9. The number of hydrogen-bond acceptors (Lipinski definition) is 8. The number of carbonyl (C=O) groups excluding carboxylic acids is 1. The monoisotopic (exact) mass is 433 g/mol. The number of nitrogens with zero attached hydrogens (tertiary/aromatic N) is 3. The van der Waals surface area contributed by atoms with Crippen LogP contribution in [0.5, 0.6) is 10.9 Å². The number of hydrogen-bond donors (Lipinski definition) is 2. The molecule has 3 aromatic rings. The summed E-state index contributed by atoms with van der Waals surface area (Å²) in [7, 11) is 0. The van der Waals surface area contributed by atoms with Gasteiger partial charge in [-0.05, 0) is 43.9 Å². The predicted octanol–water partition coefficient (Wildman–Crippen LogP) is 4.66.